The first-order chi connectivity index (χ1) is 3.13. The number of rotatable bonds is 2. The van der Waals surface area contributed by atoms with Crippen molar-refractivity contribution in [1.82, 2.24) is 0 Å². The number of aliphatic carboxylic acids is 1. The predicted molar refractivity (Wildman–Crippen MR) is 21.3 cm³/mol. The SMILES string of the molecule is C[C@@H](O)CC(=O)[O-].[Li+]. The largest absolute Gasteiger partial charge is 1.00 e. The maximum atomic E-state index is 9.54. The standard InChI is InChI=1S/C4H8O3.Li/c1-3(5)2-4(6)7;/h3,5H,2H2,1H3,(H,6,7);/q;+1/p-1/t3-;/m1./s1. The first-order valence-corrected chi connectivity index (χ1v) is 2.01. The average molecular weight is 110 g/mol. The van der Waals surface area contributed by atoms with E-state index >= 15 is 0 Å². The van der Waals surface area contributed by atoms with Crippen LogP contribution < -0.4 is 24.0 Å². The van der Waals surface area contributed by atoms with E-state index in [0.29, 0.717) is 0 Å². The Labute approximate surface area is 59.9 Å². The molecule has 0 saturated heterocycles. The second-order valence-corrected chi connectivity index (χ2v) is 1.43. The molecule has 42 valence electrons. The second kappa shape index (κ2) is 5.17. The molecule has 0 bridgehead atoms. The maximum absolute atomic E-state index is 9.54. The first kappa shape index (κ1) is 10.9. The van der Waals surface area contributed by atoms with Crippen LogP contribution in [-0.2, 0) is 4.79 Å². The number of carbonyl (C=O) groups excluding carboxylic acids is 1. The minimum Gasteiger partial charge on any atom is -0.550 e. The van der Waals surface area contributed by atoms with Crippen LogP contribution in [-0.4, -0.2) is 17.2 Å². The van der Waals surface area contributed by atoms with E-state index in [1.165, 1.54) is 6.92 Å². The summed E-state index contributed by atoms with van der Waals surface area (Å²) in [5, 5.41) is 17.8. The quantitative estimate of drug-likeness (QED) is 0.364. The van der Waals surface area contributed by atoms with Gasteiger partial charge in [-0.15, -0.1) is 0 Å². The van der Waals surface area contributed by atoms with E-state index in [4.69, 9.17) is 5.11 Å². The predicted octanol–water partition coefficient (Wildman–Crippen LogP) is -4.49. The van der Waals surface area contributed by atoms with Crippen molar-refractivity contribution in [1.29, 1.82) is 0 Å². The number of hydrogen-bond donors (Lipinski definition) is 1. The Morgan fingerprint density at radius 3 is 2.25 bits per heavy atom. The van der Waals surface area contributed by atoms with Crippen molar-refractivity contribution < 1.29 is 33.9 Å². The molecule has 0 amide bonds. The normalized spacial score (nSPS) is 11.8. The number of aliphatic hydroxyl groups is 1. The molecule has 0 aliphatic carbocycles. The third-order valence-corrected chi connectivity index (χ3v) is 0.462. The van der Waals surface area contributed by atoms with Gasteiger partial charge in [-0.25, -0.2) is 0 Å². The molecular formula is C4H7LiO3. The molecule has 0 aromatic carbocycles. The van der Waals surface area contributed by atoms with E-state index in [1.807, 2.05) is 0 Å². The Hall–Kier alpha value is 0.0274. The van der Waals surface area contributed by atoms with E-state index in [0.717, 1.165) is 0 Å². The van der Waals surface area contributed by atoms with E-state index in [9.17, 15) is 9.90 Å². The molecule has 0 spiro atoms. The van der Waals surface area contributed by atoms with Gasteiger partial charge in [0.05, 0.1) is 6.10 Å². The van der Waals surface area contributed by atoms with Crippen molar-refractivity contribution >= 4 is 5.97 Å². The van der Waals surface area contributed by atoms with Gasteiger partial charge in [0, 0.05) is 12.4 Å². The molecule has 0 aromatic heterocycles. The second-order valence-electron chi connectivity index (χ2n) is 1.43. The molecule has 0 radical (unpaired) electrons. The number of carboxylic acid groups (broad SMARTS) is 1. The van der Waals surface area contributed by atoms with Gasteiger partial charge in [-0.3, -0.25) is 0 Å². The van der Waals surface area contributed by atoms with Gasteiger partial charge in [-0.05, 0) is 6.92 Å². The summed E-state index contributed by atoms with van der Waals surface area (Å²) in [5.41, 5.74) is 0. The Balaban J connectivity index is 0. The Kier molecular flexibility index (Phi) is 7.05. The summed E-state index contributed by atoms with van der Waals surface area (Å²) in [6, 6.07) is 0. The molecule has 1 N–H and O–H groups in total. The van der Waals surface area contributed by atoms with Gasteiger partial charge in [0.25, 0.3) is 0 Å². The molecule has 3 nitrogen and oxygen atoms in total. The van der Waals surface area contributed by atoms with Gasteiger partial charge in [-0.1, -0.05) is 0 Å². The van der Waals surface area contributed by atoms with E-state index < -0.39 is 12.1 Å². The smallest absolute Gasteiger partial charge is 0.550 e. The summed E-state index contributed by atoms with van der Waals surface area (Å²) in [6.45, 7) is 1.40. The molecule has 0 aromatic rings. The van der Waals surface area contributed by atoms with Gasteiger partial charge in [0.15, 0.2) is 0 Å². The van der Waals surface area contributed by atoms with Gasteiger partial charge >= 0.3 is 18.9 Å². The van der Waals surface area contributed by atoms with Crippen LogP contribution in [0.3, 0.4) is 0 Å². The summed E-state index contributed by atoms with van der Waals surface area (Å²) < 4.78 is 0. The number of carboxylic acids is 1. The van der Waals surface area contributed by atoms with Crippen LogP contribution in [0, 0.1) is 0 Å². The summed E-state index contributed by atoms with van der Waals surface area (Å²) >= 11 is 0. The van der Waals surface area contributed by atoms with Gasteiger partial charge in [-0.2, -0.15) is 0 Å². The molecule has 0 rings (SSSR count). The monoisotopic (exact) mass is 110 g/mol. The summed E-state index contributed by atoms with van der Waals surface area (Å²) in [6.07, 6.45) is -1.06. The van der Waals surface area contributed by atoms with Crippen LogP contribution in [0.2, 0.25) is 0 Å². The van der Waals surface area contributed by atoms with Gasteiger partial charge in [0.2, 0.25) is 0 Å². The molecule has 0 unspecified atom stereocenters. The molecule has 0 heterocycles. The summed E-state index contributed by atoms with van der Waals surface area (Å²) in [5.74, 6) is -1.21. The van der Waals surface area contributed by atoms with Crippen LogP contribution in [0.1, 0.15) is 13.3 Å². The van der Waals surface area contributed by atoms with Crippen LogP contribution in [0.15, 0.2) is 0 Å². The van der Waals surface area contributed by atoms with Crippen molar-refractivity contribution in [3.8, 4) is 0 Å². The van der Waals surface area contributed by atoms with Crippen molar-refractivity contribution in [2.45, 2.75) is 19.4 Å². The zero-order valence-corrected chi connectivity index (χ0v) is 5.05. The molecule has 0 fully saturated rings. The first-order valence-electron chi connectivity index (χ1n) is 2.01. The topological polar surface area (TPSA) is 60.4 Å². The average Bonchev–Trinajstić information content (AvgIpc) is 1.27. The van der Waals surface area contributed by atoms with E-state index in [1.54, 1.807) is 0 Å². The molecular weight excluding hydrogens is 103 g/mol. The molecule has 0 aliphatic rings. The molecule has 0 saturated carbocycles. The fourth-order valence-corrected chi connectivity index (χ4v) is 0.241. The van der Waals surface area contributed by atoms with Crippen LogP contribution in [0.4, 0.5) is 0 Å². The van der Waals surface area contributed by atoms with Gasteiger partial charge < -0.3 is 15.0 Å². The fraction of sp³-hybridized carbons (Fsp3) is 0.750. The Morgan fingerprint density at radius 1 is 1.88 bits per heavy atom. The van der Waals surface area contributed by atoms with Crippen molar-refractivity contribution in [3.05, 3.63) is 0 Å². The van der Waals surface area contributed by atoms with Gasteiger partial charge in [0.1, 0.15) is 0 Å². The molecule has 4 heteroatoms. The number of carbonyl (C=O) groups is 1. The minimum atomic E-state index is -1.21. The van der Waals surface area contributed by atoms with E-state index in [-0.39, 0.29) is 25.3 Å². The minimum absolute atomic E-state index is 0. The number of aliphatic hydroxyl groups excluding tert-OH is 1. The van der Waals surface area contributed by atoms with E-state index in [2.05, 4.69) is 0 Å². The van der Waals surface area contributed by atoms with Crippen LogP contribution >= 0.6 is 0 Å². The zero-order chi connectivity index (χ0) is 5.86. The third-order valence-electron chi connectivity index (χ3n) is 0.462. The molecule has 1 atom stereocenters. The van der Waals surface area contributed by atoms with Crippen LogP contribution in [0.25, 0.3) is 0 Å². The third kappa shape index (κ3) is 9.39. The summed E-state index contributed by atoms with van der Waals surface area (Å²) in [4.78, 5) is 9.54. The number of hydrogen-bond acceptors (Lipinski definition) is 3. The van der Waals surface area contributed by atoms with Crippen LogP contribution in [0.5, 0.6) is 0 Å². The molecule has 8 heavy (non-hydrogen) atoms. The maximum Gasteiger partial charge on any atom is 1.00 e. The van der Waals surface area contributed by atoms with Crippen molar-refractivity contribution in [3.63, 3.8) is 0 Å². The molecule has 0 aliphatic heterocycles. The Morgan fingerprint density at radius 2 is 2.25 bits per heavy atom. The van der Waals surface area contributed by atoms with Crippen molar-refractivity contribution in [2.24, 2.45) is 0 Å². The zero-order valence-electron chi connectivity index (χ0n) is 5.05. The van der Waals surface area contributed by atoms with Crippen molar-refractivity contribution in [2.75, 3.05) is 0 Å². The summed E-state index contributed by atoms with van der Waals surface area (Å²) in [7, 11) is 0. The Bertz CT molecular complexity index is 71.7. The fourth-order valence-electron chi connectivity index (χ4n) is 0.241.